The van der Waals surface area contributed by atoms with E-state index in [2.05, 4.69) is 45.6 Å². The molecule has 0 spiro atoms. The first kappa shape index (κ1) is 13.6. The Morgan fingerprint density at radius 1 is 1.50 bits per heavy atom. The second-order valence-corrected chi connectivity index (χ2v) is 5.75. The van der Waals surface area contributed by atoms with Crippen LogP contribution < -0.4 is 10.6 Å². The second-order valence-electron chi connectivity index (χ2n) is 4.84. The average Bonchev–Trinajstić information content (AvgIpc) is 2.53. The average molecular weight is 311 g/mol. The lowest BCUT2D eigenvalue weighted by Crippen LogP contribution is -2.34. The van der Waals surface area contributed by atoms with Crippen LogP contribution in [0, 0.1) is 0 Å². The van der Waals surface area contributed by atoms with E-state index in [1.165, 1.54) is 5.56 Å². The zero-order valence-electron chi connectivity index (χ0n) is 10.6. The fourth-order valence-corrected chi connectivity index (χ4v) is 2.76. The van der Waals surface area contributed by atoms with Gasteiger partial charge in [-0.1, -0.05) is 28.1 Å². The summed E-state index contributed by atoms with van der Waals surface area (Å²) in [6.07, 6.45) is 2.68. The molecule has 1 amide bonds. The number of carbonyl (C=O) groups is 1. The standard InChI is InChI=1S/C14H19BrN2O/c1-10(11-4-2-5-12(15)8-11)17-13-6-3-7-16-14(18)9-13/h2,4-5,8,10,13,17H,3,6-7,9H2,1H3,(H,16,18)/t10-,13?/m0/s1. The molecule has 1 aliphatic heterocycles. The lowest BCUT2D eigenvalue weighted by atomic mass is 10.0. The molecule has 0 saturated carbocycles. The smallest absolute Gasteiger partial charge is 0.221 e. The topological polar surface area (TPSA) is 41.1 Å². The number of amides is 1. The van der Waals surface area contributed by atoms with Crippen molar-refractivity contribution in [2.24, 2.45) is 0 Å². The Kier molecular flexibility index (Phi) is 4.78. The lowest BCUT2D eigenvalue weighted by molar-refractivity contribution is -0.121. The van der Waals surface area contributed by atoms with Crippen LogP contribution in [0.1, 0.15) is 37.8 Å². The number of benzene rings is 1. The first-order valence-electron chi connectivity index (χ1n) is 6.43. The van der Waals surface area contributed by atoms with Gasteiger partial charge in [0.2, 0.25) is 5.91 Å². The van der Waals surface area contributed by atoms with Crippen molar-refractivity contribution in [2.75, 3.05) is 6.54 Å². The Hall–Kier alpha value is -0.870. The fraction of sp³-hybridized carbons (Fsp3) is 0.500. The Morgan fingerprint density at radius 2 is 2.33 bits per heavy atom. The van der Waals surface area contributed by atoms with Gasteiger partial charge < -0.3 is 10.6 Å². The third-order valence-corrected chi connectivity index (χ3v) is 3.81. The molecule has 98 valence electrons. The van der Waals surface area contributed by atoms with Crippen molar-refractivity contribution in [1.29, 1.82) is 0 Å². The normalized spacial score (nSPS) is 22.1. The van der Waals surface area contributed by atoms with E-state index < -0.39 is 0 Å². The molecule has 1 unspecified atom stereocenters. The van der Waals surface area contributed by atoms with Crippen molar-refractivity contribution in [1.82, 2.24) is 10.6 Å². The van der Waals surface area contributed by atoms with Crippen LogP contribution in [0.25, 0.3) is 0 Å². The summed E-state index contributed by atoms with van der Waals surface area (Å²) in [6, 6.07) is 8.83. The maximum atomic E-state index is 11.5. The van der Waals surface area contributed by atoms with Gasteiger partial charge in [-0.25, -0.2) is 0 Å². The Balaban J connectivity index is 1.97. The number of halogens is 1. The molecule has 1 aromatic rings. The Bertz CT molecular complexity index is 422. The van der Waals surface area contributed by atoms with Crippen LogP contribution in [0.3, 0.4) is 0 Å². The Morgan fingerprint density at radius 3 is 3.11 bits per heavy atom. The highest BCUT2D eigenvalue weighted by Crippen LogP contribution is 2.19. The molecular formula is C14H19BrN2O. The zero-order valence-corrected chi connectivity index (χ0v) is 12.2. The number of nitrogens with one attached hydrogen (secondary N) is 2. The van der Waals surface area contributed by atoms with Crippen LogP contribution in [-0.4, -0.2) is 18.5 Å². The van der Waals surface area contributed by atoms with E-state index >= 15 is 0 Å². The van der Waals surface area contributed by atoms with E-state index in [4.69, 9.17) is 0 Å². The van der Waals surface area contributed by atoms with Gasteiger partial charge in [0.05, 0.1) is 0 Å². The van der Waals surface area contributed by atoms with E-state index in [0.717, 1.165) is 23.9 Å². The van der Waals surface area contributed by atoms with Gasteiger partial charge in [0, 0.05) is 29.5 Å². The highest BCUT2D eigenvalue weighted by Gasteiger charge is 2.19. The van der Waals surface area contributed by atoms with E-state index in [1.807, 2.05) is 12.1 Å². The van der Waals surface area contributed by atoms with Crippen molar-refractivity contribution in [2.45, 2.75) is 38.3 Å². The number of hydrogen-bond acceptors (Lipinski definition) is 2. The molecule has 0 aromatic heterocycles. The molecule has 2 atom stereocenters. The van der Waals surface area contributed by atoms with Crippen LogP contribution in [0.5, 0.6) is 0 Å². The fourth-order valence-electron chi connectivity index (χ4n) is 2.34. The molecular weight excluding hydrogens is 292 g/mol. The minimum Gasteiger partial charge on any atom is -0.356 e. The molecule has 1 aromatic carbocycles. The minimum atomic E-state index is 0.159. The summed E-state index contributed by atoms with van der Waals surface area (Å²) in [7, 11) is 0. The molecule has 1 aliphatic rings. The third-order valence-electron chi connectivity index (χ3n) is 3.32. The second kappa shape index (κ2) is 6.34. The first-order chi connectivity index (χ1) is 8.65. The summed E-state index contributed by atoms with van der Waals surface area (Å²) in [6.45, 7) is 2.95. The molecule has 2 rings (SSSR count). The van der Waals surface area contributed by atoms with Gasteiger partial charge >= 0.3 is 0 Å². The molecule has 3 nitrogen and oxygen atoms in total. The molecule has 18 heavy (non-hydrogen) atoms. The molecule has 0 aliphatic carbocycles. The van der Waals surface area contributed by atoms with Gasteiger partial charge in [0.1, 0.15) is 0 Å². The van der Waals surface area contributed by atoms with Gasteiger partial charge in [-0.05, 0) is 37.5 Å². The molecule has 4 heteroatoms. The van der Waals surface area contributed by atoms with Crippen molar-refractivity contribution < 1.29 is 4.79 Å². The van der Waals surface area contributed by atoms with E-state index in [1.54, 1.807) is 0 Å². The lowest BCUT2D eigenvalue weighted by Gasteiger charge is -2.21. The van der Waals surface area contributed by atoms with Crippen LogP contribution in [-0.2, 0) is 4.79 Å². The summed E-state index contributed by atoms with van der Waals surface area (Å²) >= 11 is 3.49. The maximum absolute atomic E-state index is 11.5. The SMILES string of the molecule is C[C@H](NC1CCCNC(=O)C1)c1cccc(Br)c1. The minimum absolute atomic E-state index is 0.159. The zero-order chi connectivity index (χ0) is 13.0. The molecule has 2 N–H and O–H groups in total. The van der Waals surface area contributed by atoms with Gasteiger partial charge in [0.15, 0.2) is 0 Å². The predicted molar refractivity (Wildman–Crippen MR) is 76.3 cm³/mol. The first-order valence-corrected chi connectivity index (χ1v) is 7.22. The molecule has 0 bridgehead atoms. The van der Waals surface area contributed by atoms with Gasteiger partial charge in [-0.3, -0.25) is 4.79 Å². The molecule has 0 radical (unpaired) electrons. The maximum Gasteiger partial charge on any atom is 0.221 e. The number of hydrogen-bond donors (Lipinski definition) is 2. The van der Waals surface area contributed by atoms with Crippen LogP contribution in [0.2, 0.25) is 0 Å². The van der Waals surface area contributed by atoms with E-state index in [-0.39, 0.29) is 18.0 Å². The van der Waals surface area contributed by atoms with Gasteiger partial charge in [-0.2, -0.15) is 0 Å². The van der Waals surface area contributed by atoms with Crippen molar-refractivity contribution in [3.05, 3.63) is 34.3 Å². The third kappa shape index (κ3) is 3.82. The summed E-state index contributed by atoms with van der Waals surface area (Å²) in [5, 5.41) is 6.46. The number of rotatable bonds is 3. The van der Waals surface area contributed by atoms with Gasteiger partial charge in [-0.15, -0.1) is 0 Å². The van der Waals surface area contributed by atoms with Crippen LogP contribution in [0.4, 0.5) is 0 Å². The summed E-state index contributed by atoms with van der Waals surface area (Å²) in [5.74, 6) is 0.159. The highest BCUT2D eigenvalue weighted by molar-refractivity contribution is 9.10. The van der Waals surface area contributed by atoms with Crippen LogP contribution in [0.15, 0.2) is 28.7 Å². The van der Waals surface area contributed by atoms with Gasteiger partial charge in [0.25, 0.3) is 0 Å². The molecule has 1 heterocycles. The van der Waals surface area contributed by atoms with Crippen molar-refractivity contribution >= 4 is 21.8 Å². The predicted octanol–water partition coefficient (Wildman–Crippen LogP) is 2.77. The summed E-state index contributed by atoms with van der Waals surface area (Å²) in [4.78, 5) is 11.5. The van der Waals surface area contributed by atoms with Crippen molar-refractivity contribution in [3.8, 4) is 0 Å². The summed E-state index contributed by atoms with van der Waals surface area (Å²) in [5.41, 5.74) is 1.24. The highest BCUT2D eigenvalue weighted by atomic mass is 79.9. The Labute approximate surface area is 116 Å². The molecule has 1 fully saturated rings. The number of carbonyl (C=O) groups excluding carboxylic acids is 1. The quantitative estimate of drug-likeness (QED) is 0.901. The summed E-state index contributed by atoms with van der Waals surface area (Å²) < 4.78 is 1.09. The largest absolute Gasteiger partial charge is 0.356 e. The van der Waals surface area contributed by atoms with Crippen molar-refractivity contribution in [3.63, 3.8) is 0 Å². The monoisotopic (exact) mass is 310 g/mol. The van der Waals surface area contributed by atoms with E-state index in [0.29, 0.717) is 6.42 Å². The van der Waals surface area contributed by atoms with Crippen LogP contribution >= 0.6 is 15.9 Å². The molecule has 1 saturated heterocycles. The van der Waals surface area contributed by atoms with E-state index in [9.17, 15) is 4.79 Å².